The minimum Gasteiger partial charge on any atom is -0.443 e. The van der Waals surface area contributed by atoms with Crippen LogP contribution in [0.2, 0.25) is 0 Å². The predicted octanol–water partition coefficient (Wildman–Crippen LogP) is 3.43. The van der Waals surface area contributed by atoms with Crippen LogP contribution in [0, 0.1) is 11.8 Å². The van der Waals surface area contributed by atoms with Gasteiger partial charge in [-0.05, 0) is 56.4 Å². The zero-order chi connectivity index (χ0) is 33.9. The van der Waals surface area contributed by atoms with Gasteiger partial charge in [-0.25, -0.2) is 13.2 Å². The summed E-state index contributed by atoms with van der Waals surface area (Å²) >= 11 is 0. The molecule has 0 saturated carbocycles. The molecule has 2 amide bonds. The Hall–Kier alpha value is -3.49. The van der Waals surface area contributed by atoms with E-state index in [-0.39, 0.29) is 55.0 Å². The monoisotopic (exact) mass is 670 g/mol. The number of ether oxygens (including phenoxy) is 3. The number of anilines is 1. The van der Waals surface area contributed by atoms with E-state index in [0.717, 1.165) is 17.7 Å². The lowest BCUT2D eigenvalue weighted by atomic mass is 10.0. The molecule has 0 aromatic heterocycles. The Morgan fingerprint density at radius 3 is 2.60 bits per heavy atom. The van der Waals surface area contributed by atoms with E-state index in [1.54, 1.807) is 6.07 Å². The second-order valence-corrected chi connectivity index (χ2v) is 14.8. The van der Waals surface area contributed by atoms with Crippen LogP contribution in [-0.2, 0) is 35.4 Å². The van der Waals surface area contributed by atoms with Gasteiger partial charge in [0.25, 0.3) is 5.91 Å². The number of carbonyl (C=O) groups is 2. The van der Waals surface area contributed by atoms with Crippen molar-refractivity contribution in [3.63, 3.8) is 0 Å². The molecule has 2 fully saturated rings. The predicted molar refractivity (Wildman–Crippen MR) is 177 cm³/mol. The molecule has 5 rings (SSSR count). The lowest BCUT2D eigenvalue weighted by Gasteiger charge is -2.31. The molecule has 13 heteroatoms. The number of nitrogens with zero attached hydrogens (tertiary/aromatic N) is 2. The summed E-state index contributed by atoms with van der Waals surface area (Å²) in [5.41, 5.74) is 3.06. The molecule has 0 aliphatic carbocycles. The van der Waals surface area contributed by atoms with Crippen LogP contribution in [0.5, 0.6) is 0 Å². The number of hydrogen-bond acceptors (Lipinski definition) is 9. The van der Waals surface area contributed by atoms with Crippen molar-refractivity contribution in [3.8, 4) is 0 Å². The second kappa shape index (κ2) is 14.7. The van der Waals surface area contributed by atoms with Crippen molar-refractivity contribution < 1.29 is 37.3 Å². The van der Waals surface area contributed by atoms with Gasteiger partial charge in [-0.15, -0.1) is 0 Å². The van der Waals surface area contributed by atoms with E-state index in [1.165, 1.54) is 16.4 Å². The number of aliphatic hydroxyl groups is 1. The van der Waals surface area contributed by atoms with Crippen LogP contribution in [0.3, 0.4) is 0 Å². The van der Waals surface area contributed by atoms with E-state index < -0.39 is 34.4 Å². The topological polar surface area (TPSA) is 147 Å². The third-order valence-electron chi connectivity index (χ3n) is 9.05. The molecular formula is C34H46N4O8S. The first-order valence-electron chi connectivity index (χ1n) is 16.2. The molecule has 0 spiro atoms. The van der Waals surface area contributed by atoms with Crippen LogP contribution in [0.25, 0.3) is 5.57 Å². The van der Waals surface area contributed by atoms with Crippen molar-refractivity contribution in [3.05, 3.63) is 65.4 Å². The minimum atomic E-state index is -4.14. The van der Waals surface area contributed by atoms with E-state index in [4.69, 9.17) is 14.2 Å². The van der Waals surface area contributed by atoms with E-state index in [9.17, 15) is 23.1 Å². The molecule has 3 aliphatic heterocycles. The largest absolute Gasteiger partial charge is 0.443 e. The number of amides is 2. The molecule has 5 unspecified atom stereocenters. The highest BCUT2D eigenvalue weighted by atomic mass is 32.2. The number of carbonyl (C=O) groups excluding carboxylic acids is 2. The Morgan fingerprint density at radius 2 is 1.89 bits per heavy atom. The first-order chi connectivity index (χ1) is 22.4. The maximum atomic E-state index is 14.2. The molecule has 5 atom stereocenters. The van der Waals surface area contributed by atoms with Crippen molar-refractivity contribution in [2.24, 2.45) is 11.8 Å². The van der Waals surface area contributed by atoms with E-state index in [1.807, 2.05) is 70.0 Å². The van der Waals surface area contributed by atoms with Gasteiger partial charge in [0.05, 0.1) is 41.7 Å². The normalized spacial score (nSPS) is 22.9. The molecular weight excluding hydrogens is 624 g/mol. The summed E-state index contributed by atoms with van der Waals surface area (Å²) in [4.78, 5) is 28.0. The van der Waals surface area contributed by atoms with Crippen molar-refractivity contribution in [1.82, 2.24) is 14.5 Å². The number of benzene rings is 2. The summed E-state index contributed by atoms with van der Waals surface area (Å²) in [6, 6.07) is 13.1. The first-order valence-corrected chi connectivity index (χ1v) is 17.6. The lowest BCUT2D eigenvalue weighted by molar-refractivity contribution is -0.110. The molecule has 0 bridgehead atoms. The van der Waals surface area contributed by atoms with E-state index in [0.29, 0.717) is 30.0 Å². The third kappa shape index (κ3) is 7.81. The number of sulfonamides is 1. The molecule has 2 aromatic rings. The Bertz CT molecular complexity index is 1580. The highest BCUT2D eigenvalue weighted by molar-refractivity contribution is 7.89. The van der Waals surface area contributed by atoms with Gasteiger partial charge >= 0.3 is 6.09 Å². The number of alkyl carbamates (subject to hydrolysis) is 1. The molecule has 256 valence electrons. The molecule has 47 heavy (non-hydrogen) atoms. The molecule has 0 radical (unpaired) electrons. The summed E-state index contributed by atoms with van der Waals surface area (Å²) in [6.07, 6.45) is -1.90. The maximum absolute atomic E-state index is 14.2. The van der Waals surface area contributed by atoms with Crippen molar-refractivity contribution in [2.45, 2.75) is 70.0 Å². The van der Waals surface area contributed by atoms with Crippen LogP contribution in [-0.4, -0.2) is 99.2 Å². The second-order valence-electron chi connectivity index (χ2n) is 12.8. The number of nitrogens with one attached hydrogen (secondary N) is 2. The zero-order valence-electron chi connectivity index (χ0n) is 27.6. The van der Waals surface area contributed by atoms with Crippen LogP contribution < -0.4 is 10.6 Å². The van der Waals surface area contributed by atoms with Crippen LogP contribution in [0.1, 0.15) is 45.2 Å². The van der Waals surface area contributed by atoms with Crippen LogP contribution in [0.15, 0.2) is 59.1 Å². The number of fused-ring (bicyclic) bond motifs is 2. The Morgan fingerprint density at radius 1 is 1.15 bits per heavy atom. The van der Waals surface area contributed by atoms with Gasteiger partial charge in [-0.3, -0.25) is 4.79 Å². The third-order valence-corrected chi connectivity index (χ3v) is 10.9. The fourth-order valence-corrected chi connectivity index (χ4v) is 7.93. The van der Waals surface area contributed by atoms with Gasteiger partial charge in [0.1, 0.15) is 6.10 Å². The van der Waals surface area contributed by atoms with Crippen LogP contribution >= 0.6 is 0 Å². The van der Waals surface area contributed by atoms with Gasteiger partial charge < -0.3 is 34.9 Å². The number of hydrogen-bond donors (Lipinski definition) is 3. The van der Waals surface area contributed by atoms with Crippen molar-refractivity contribution in [1.29, 1.82) is 0 Å². The molecule has 12 nitrogen and oxygen atoms in total. The SMILES string of the molecule is CCN(C)C(C)=C1C(=O)Nc2ccc(S(=O)(=O)N(CC(C)C)CC(O)C(Cc3ccccc3)NC(=O)OC3COC4OCCC34)cc21. The van der Waals surface area contributed by atoms with E-state index >= 15 is 0 Å². The number of aliphatic hydroxyl groups excluding tert-OH is 1. The summed E-state index contributed by atoms with van der Waals surface area (Å²) in [5.74, 6) is -0.409. The summed E-state index contributed by atoms with van der Waals surface area (Å²) in [5, 5.41) is 17.3. The summed E-state index contributed by atoms with van der Waals surface area (Å²) in [7, 11) is -2.27. The summed E-state index contributed by atoms with van der Waals surface area (Å²) < 4.78 is 46.6. The van der Waals surface area contributed by atoms with Crippen LogP contribution in [0.4, 0.5) is 10.5 Å². The number of rotatable bonds is 13. The highest BCUT2D eigenvalue weighted by Crippen LogP contribution is 2.37. The van der Waals surface area contributed by atoms with Crippen molar-refractivity contribution in [2.75, 3.05) is 45.2 Å². The van der Waals surface area contributed by atoms with Gasteiger partial charge in [0, 0.05) is 43.6 Å². The quantitative estimate of drug-likeness (QED) is 0.273. The van der Waals surface area contributed by atoms with Gasteiger partial charge in [-0.1, -0.05) is 44.2 Å². The zero-order valence-corrected chi connectivity index (χ0v) is 28.5. The molecule has 3 heterocycles. The first kappa shape index (κ1) is 34.8. The smallest absolute Gasteiger partial charge is 0.407 e. The highest BCUT2D eigenvalue weighted by Gasteiger charge is 2.44. The lowest BCUT2D eigenvalue weighted by Crippen LogP contribution is -2.51. The Balaban J connectivity index is 1.39. The molecule has 2 saturated heterocycles. The Kier molecular flexibility index (Phi) is 10.9. The van der Waals surface area contributed by atoms with Crippen molar-refractivity contribution >= 4 is 33.3 Å². The molecule has 2 aromatic carbocycles. The average Bonchev–Trinajstić information content (AvgIpc) is 3.74. The fourth-order valence-electron chi connectivity index (χ4n) is 6.28. The standard InChI is InChI=1S/C34H46N4O8S/c1-6-37(5)22(4)31-26-17-24(12-13-27(26)35-32(31)40)47(42,43)38(18-21(2)3)19-29(39)28(16-23-10-8-7-9-11-23)36-34(41)46-30-20-45-33-25(30)14-15-44-33/h7-13,17,21,25,28-30,33,39H,6,14-16,18-20H2,1-5H3,(H,35,40)(H,36,41). The van der Waals surface area contributed by atoms with Gasteiger partial charge in [-0.2, -0.15) is 4.31 Å². The Labute approximate surface area is 277 Å². The summed E-state index contributed by atoms with van der Waals surface area (Å²) in [6.45, 7) is 8.87. The average molecular weight is 671 g/mol. The number of allylic oxidation sites excluding steroid dienone is 1. The van der Waals surface area contributed by atoms with Gasteiger partial charge in [0.15, 0.2) is 6.29 Å². The fraction of sp³-hybridized carbons (Fsp3) is 0.529. The molecule has 3 aliphatic rings. The maximum Gasteiger partial charge on any atom is 0.407 e. The minimum absolute atomic E-state index is 0.00611. The van der Waals surface area contributed by atoms with Gasteiger partial charge in [0.2, 0.25) is 10.0 Å². The van der Waals surface area contributed by atoms with E-state index in [2.05, 4.69) is 10.6 Å². The molecule has 3 N–H and O–H groups in total.